The standard InChI is InChI=1S/C15H20N2O5S2/c1-10-15(12(3)22-16-10)24(20,21)17(4)11(2)13-6-8-14(9-7-13)23(5,18)19/h6-9,11H,1-5H3. The number of sulfone groups is 1. The van der Waals surface area contributed by atoms with Crippen molar-refractivity contribution in [1.82, 2.24) is 9.46 Å². The molecule has 0 amide bonds. The molecular formula is C15H20N2O5S2. The number of benzene rings is 1. The number of rotatable bonds is 5. The Labute approximate surface area is 142 Å². The van der Waals surface area contributed by atoms with Gasteiger partial charge in [-0.25, -0.2) is 16.8 Å². The lowest BCUT2D eigenvalue weighted by Gasteiger charge is -2.24. The van der Waals surface area contributed by atoms with E-state index in [1.807, 2.05) is 0 Å². The zero-order valence-corrected chi connectivity index (χ0v) is 15.8. The fourth-order valence-corrected chi connectivity index (χ4v) is 4.67. The molecule has 0 fully saturated rings. The van der Waals surface area contributed by atoms with Gasteiger partial charge in [0.2, 0.25) is 10.0 Å². The van der Waals surface area contributed by atoms with Crippen LogP contribution in [0, 0.1) is 13.8 Å². The lowest BCUT2D eigenvalue weighted by molar-refractivity contribution is 0.384. The van der Waals surface area contributed by atoms with E-state index in [4.69, 9.17) is 4.52 Å². The molecule has 0 aliphatic carbocycles. The van der Waals surface area contributed by atoms with Crippen LogP contribution in [0.4, 0.5) is 0 Å². The monoisotopic (exact) mass is 372 g/mol. The van der Waals surface area contributed by atoms with Crippen molar-refractivity contribution >= 4 is 19.9 Å². The van der Waals surface area contributed by atoms with Crippen molar-refractivity contribution in [3.8, 4) is 0 Å². The van der Waals surface area contributed by atoms with E-state index in [0.29, 0.717) is 11.3 Å². The zero-order chi connectivity index (χ0) is 18.3. The Kier molecular flexibility index (Phi) is 4.89. The summed E-state index contributed by atoms with van der Waals surface area (Å²) in [4.78, 5) is 0.249. The van der Waals surface area contributed by atoms with Gasteiger partial charge in [-0.3, -0.25) is 0 Å². The summed E-state index contributed by atoms with van der Waals surface area (Å²) in [5.74, 6) is 0.235. The van der Waals surface area contributed by atoms with Gasteiger partial charge < -0.3 is 4.52 Å². The van der Waals surface area contributed by atoms with Crippen molar-refractivity contribution in [2.45, 2.75) is 36.6 Å². The normalized spacial score (nSPS) is 14.1. The molecule has 1 aromatic carbocycles. The smallest absolute Gasteiger partial charge is 0.248 e. The molecule has 0 spiro atoms. The number of aromatic nitrogens is 1. The minimum Gasteiger partial charge on any atom is -0.360 e. The van der Waals surface area contributed by atoms with E-state index in [9.17, 15) is 16.8 Å². The zero-order valence-electron chi connectivity index (χ0n) is 14.1. The number of aryl methyl sites for hydroxylation is 2. The summed E-state index contributed by atoms with van der Waals surface area (Å²) in [6.45, 7) is 4.85. The second-order valence-corrected chi connectivity index (χ2v) is 9.64. The first-order valence-electron chi connectivity index (χ1n) is 7.17. The van der Waals surface area contributed by atoms with Gasteiger partial charge in [0.05, 0.1) is 4.90 Å². The first-order valence-corrected chi connectivity index (χ1v) is 10.5. The Morgan fingerprint density at radius 2 is 1.62 bits per heavy atom. The molecule has 0 saturated heterocycles. The molecule has 0 radical (unpaired) electrons. The van der Waals surface area contributed by atoms with Gasteiger partial charge in [-0.2, -0.15) is 4.31 Å². The van der Waals surface area contributed by atoms with E-state index in [0.717, 1.165) is 6.26 Å². The van der Waals surface area contributed by atoms with Crippen LogP contribution in [0.2, 0.25) is 0 Å². The molecule has 0 bridgehead atoms. The SMILES string of the molecule is Cc1noc(C)c1S(=O)(=O)N(C)C(C)c1ccc(S(C)(=O)=O)cc1. The Balaban J connectivity index is 2.37. The van der Waals surface area contributed by atoms with E-state index < -0.39 is 25.9 Å². The molecule has 1 heterocycles. The third kappa shape index (κ3) is 3.38. The maximum Gasteiger partial charge on any atom is 0.248 e. The largest absolute Gasteiger partial charge is 0.360 e. The fraction of sp³-hybridized carbons (Fsp3) is 0.400. The van der Waals surface area contributed by atoms with E-state index in [2.05, 4.69) is 5.16 Å². The van der Waals surface area contributed by atoms with Crippen LogP contribution in [0.3, 0.4) is 0 Å². The Bertz CT molecular complexity index is 925. The number of sulfonamides is 1. The Morgan fingerprint density at radius 1 is 1.08 bits per heavy atom. The van der Waals surface area contributed by atoms with Crippen molar-refractivity contribution in [1.29, 1.82) is 0 Å². The highest BCUT2D eigenvalue weighted by atomic mass is 32.2. The molecule has 1 atom stereocenters. The molecule has 1 unspecified atom stereocenters. The molecule has 0 aliphatic rings. The Morgan fingerprint density at radius 3 is 2.04 bits per heavy atom. The topological polar surface area (TPSA) is 97.6 Å². The van der Waals surface area contributed by atoms with Crippen LogP contribution in [0.1, 0.15) is 30.0 Å². The second-order valence-electron chi connectivity index (χ2n) is 5.69. The highest BCUT2D eigenvalue weighted by Gasteiger charge is 2.32. The van der Waals surface area contributed by atoms with Gasteiger partial charge in [-0.15, -0.1) is 0 Å². The summed E-state index contributed by atoms with van der Waals surface area (Å²) < 4.78 is 54.8. The summed E-state index contributed by atoms with van der Waals surface area (Å²) >= 11 is 0. The van der Waals surface area contributed by atoms with Crippen LogP contribution in [-0.4, -0.2) is 39.6 Å². The van der Waals surface area contributed by atoms with E-state index in [-0.39, 0.29) is 15.6 Å². The van der Waals surface area contributed by atoms with Gasteiger partial charge in [0, 0.05) is 19.3 Å². The fourth-order valence-electron chi connectivity index (χ4n) is 2.40. The molecule has 2 aromatic rings. The third-order valence-corrected chi connectivity index (χ3v) is 7.24. The molecule has 9 heteroatoms. The van der Waals surface area contributed by atoms with Gasteiger partial charge in [-0.1, -0.05) is 17.3 Å². The maximum absolute atomic E-state index is 12.8. The summed E-state index contributed by atoms with van der Waals surface area (Å²) in [5.41, 5.74) is 0.985. The number of nitrogens with zero attached hydrogens (tertiary/aromatic N) is 2. The van der Waals surface area contributed by atoms with Crippen LogP contribution < -0.4 is 0 Å². The number of hydrogen-bond acceptors (Lipinski definition) is 6. The molecular weight excluding hydrogens is 352 g/mol. The van der Waals surface area contributed by atoms with Gasteiger partial charge in [-0.05, 0) is 38.5 Å². The van der Waals surface area contributed by atoms with Crippen LogP contribution in [0.25, 0.3) is 0 Å². The quantitative estimate of drug-likeness (QED) is 0.797. The van der Waals surface area contributed by atoms with Crippen LogP contribution in [0.15, 0.2) is 38.6 Å². The first kappa shape index (κ1) is 18.6. The first-order chi connectivity index (χ1) is 11.0. The Hall–Kier alpha value is -1.71. The third-order valence-electron chi connectivity index (χ3n) is 3.94. The van der Waals surface area contributed by atoms with Crippen molar-refractivity contribution < 1.29 is 21.4 Å². The molecule has 7 nitrogen and oxygen atoms in total. The number of hydrogen-bond donors (Lipinski definition) is 0. The average Bonchev–Trinajstić information content (AvgIpc) is 2.84. The highest BCUT2D eigenvalue weighted by molar-refractivity contribution is 7.90. The summed E-state index contributed by atoms with van der Waals surface area (Å²) in [6, 6.07) is 5.67. The minimum absolute atomic E-state index is 0.0598. The molecule has 1 aromatic heterocycles. The van der Waals surface area contributed by atoms with Gasteiger partial charge in [0.15, 0.2) is 15.6 Å². The molecule has 2 rings (SSSR count). The van der Waals surface area contributed by atoms with Crippen molar-refractivity contribution in [2.24, 2.45) is 0 Å². The van der Waals surface area contributed by atoms with Crippen molar-refractivity contribution in [3.63, 3.8) is 0 Å². The molecule has 132 valence electrons. The van der Waals surface area contributed by atoms with E-state index in [1.54, 1.807) is 32.9 Å². The van der Waals surface area contributed by atoms with Gasteiger partial charge in [0.1, 0.15) is 10.6 Å². The molecule has 0 saturated carbocycles. The molecule has 0 aliphatic heterocycles. The van der Waals surface area contributed by atoms with E-state index in [1.165, 1.54) is 23.5 Å². The van der Waals surface area contributed by atoms with Crippen LogP contribution >= 0.6 is 0 Å². The van der Waals surface area contributed by atoms with Crippen molar-refractivity contribution in [2.75, 3.05) is 13.3 Å². The predicted molar refractivity (Wildman–Crippen MR) is 88.9 cm³/mol. The maximum atomic E-state index is 12.8. The summed E-state index contributed by atoms with van der Waals surface area (Å²) in [6.07, 6.45) is 1.12. The van der Waals surface area contributed by atoms with Crippen LogP contribution in [-0.2, 0) is 19.9 Å². The molecule has 0 N–H and O–H groups in total. The average molecular weight is 372 g/mol. The van der Waals surface area contributed by atoms with Gasteiger partial charge >= 0.3 is 0 Å². The van der Waals surface area contributed by atoms with Gasteiger partial charge in [0.25, 0.3) is 0 Å². The second kappa shape index (κ2) is 6.30. The van der Waals surface area contributed by atoms with Crippen LogP contribution in [0.5, 0.6) is 0 Å². The van der Waals surface area contributed by atoms with Crippen molar-refractivity contribution in [3.05, 3.63) is 41.3 Å². The molecule has 24 heavy (non-hydrogen) atoms. The summed E-state index contributed by atoms with van der Waals surface area (Å²) in [5, 5.41) is 3.69. The summed E-state index contributed by atoms with van der Waals surface area (Å²) in [7, 11) is -5.61. The predicted octanol–water partition coefficient (Wildman–Crippen LogP) is 2.08. The minimum atomic E-state index is -3.78. The van der Waals surface area contributed by atoms with E-state index >= 15 is 0 Å². The lowest BCUT2D eigenvalue weighted by Crippen LogP contribution is -2.30. The lowest BCUT2D eigenvalue weighted by atomic mass is 10.1. The highest BCUT2D eigenvalue weighted by Crippen LogP contribution is 2.29.